The molecule has 1 N–H and O–H groups in total. The second-order valence-corrected chi connectivity index (χ2v) is 3.97. The van der Waals surface area contributed by atoms with Crippen LogP contribution in [0.3, 0.4) is 0 Å². The van der Waals surface area contributed by atoms with Crippen LogP contribution >= 0.6 is 0 Å². The van der Waals surface area contributed by atoms with E-state index in [1.807, 2.05) is 14.1 Å². The van der Waals surface area contributed by atoms with Gasteiger partial charge in [-0.15, -0.1) is 0 Å². The molecule has 84 valence electrons. The molecule has 16 heavy (non-hydrogen) atoms. The van der Waals surface area contributed by atoms with Gasteiger partial charge in [0.15, 0.2) is 17.1 Å². The summed E-state index contributed by atoms with van der Waals surface area (Å²) in [4.78, 5) is 13.5. The topological polar surface area (TPSA) is 53.7 Å². The molecule has 0 spiro atoms. The number of likely N-dealkylation sites (N-methyl/N-ethyl adjacent to an activating group) is 1. The maximum atomic E-state index is 11.7. The minimum Gasteiger partial charge on any atom is -0.504 e. The fourth-order valence-electron chi connectivity index (χ4n) is 1.55. The molecule has 0 aliphatic heterocycles. The van der Waals surface area contributed by atoms with Crippen LogP contribution in [0.1, 0.15) is 10.6 Å². The Hall–Kier alpha value is -1.81. The van der Waals surface area contributed by atoms with E-state index in [1.54, 1.807) is 23.1 Å². The number of hydrogen-bond acceptors (Lipinski definition) is 4. The number of benzene rings is 1. The predicted molar refractivity (Wildman–Crippen MR) is 60.8 cm³/mol. The van der Waals surface area contributed by atoms with Gasteiger partial charge in [-0.05, 0) is 26.2 Å². The number of furan rings is 1. The number of phenols is 1. The number of phenolic OH excluding ortho intramolecular Hbond substituents is 1. The fourth-order valence-corrected chi connectivity index (χ4v) is 1.55. The molecule has 4 nitrogen and oxygen atoms in total. The predicted octanol–water partition coefficient (Wildman–Crippen LogP) is 1.88. The lowest BCUT2D eigenvalue weighted by Gasteiger charge is -2.05. The van der Waals surface area contributed by atoms with E-state index in [0.717, 1.165) is 5.39 Å². The van der Waals surface area contributed by atoms with Crippen molar-refractivity contribution in [3.63, 3.8) is 0 Å². The zero-order valence-electron chi connectivity index (χ0n) is 9.23. The lowest BCUT2D eigenvalue weighted by molar-refractivity contribution is 0.0932. The van der Waals surface area contributed by atoms with Gasteiger partial charge in [0.2, 0.25) is 5.78 Å². The van der Waals surface area contributed by atoms with E-state index >= 15 is 0 Å². The van der Waals surface area contributed by atoms with E-state index < -0.39 is 0 Å². The van der Waals surface area contributed by atoms with Crippen LogP contribution in [-0.2, 0) is 0 Å². The number of ketones is 1. The second-order valence-electron chi connectivity index (χ2n) is 3.97. The molecule has 2 aromatic rings. The Bertz CT molecular complexity index is 528. The number of Topliss-reactive ketones (excluding diaryl/α,β-unsaturated/α-hetero) is 1. The highest BCUT2D eigenvalue weighted by Gasteiger charge is 2.14. The summed E-state index contributed by atoms with van der Waals surface area (Å²) in [5.41, 5.74) is 0.365. The normalized spacial score (nSPS) is 11.2. The molecule has 0 saturated heterocycles. The minimum atomic E-state index is -0.0967. The van der Waals surface area contributed by atoms with Gasteiger partial charge in [0, 0.05) is 5.39 Å². The maximum absolute atomic E-state index is 11.7. The summed E-state index contributed by atoms with van der Waals surface area (Å²) in [5, 5.41) is 10.3. The van der Waals surface area contributed by atoms with E-state index in [1.165, 1.54) is 6.07 Å². The van der Waals surface area contributed by atoms with Crippen molar-refractivity contribution in [3.8, 4) is 5.75 Å². The van der Waals surface area contributed by atoms with Gasteiger partial charge in [0.1, 0.15) is 0 Å². The smallest absolute Gasteiger partial charge is 0.211 e. The molecule has 0 unspecified atom stereocenters. The molecule has 0 amide bonds. The number of rotatable bonds is 3. The monoisotopic (exact) mass is 219 g/mol. The second kappa shape index (κ2) is 3.98. The summed E-state index contributed by atoms with van der Waals surface area (Å²) >= 11 is 0. The lowest BCUT2D eigenvalue weighted by atomic mass is 10.2. The average molecular weight is 219 g/mol. The number of nitrogens with zero attached hydrogens (tertiary/aromatic N) is 1. The number of carbonyl (C=O) groups excluding carboxylic acids is 1. The van der Waals surface area contributed by atoms with Crippen LogP contribution in [0.4, 0.5) is 0 Å². The zero-order valence-corrected chi connectivity index (χ0v) is 9.23. The van der Waals surface area contributed by atoms with Crippen molar-refractivity contribution < 1.29 is 14.3 Å². The molecule has 0 radical (unpaired) electrons. The molecule has 0 aliphatic rings. The Morgan fingerprint density at radius 3 is 2.81 bits per heavy atom. The third-order valence-corrected chi connectivity index (χ3v) is 2.26. The van der Waals surface area contributed by atoms with Crippen LogP contribution in [0.25, 0.3) is 11.0 Å². The third kappa shape index (κ3) is 1.92. The van der Waals surface area contributed by atoms with Crippen molar-refractivity contribution in [3.05, 3.63) is 30.0 Å². The standard InChI is InChI=1S/C12H13NO3/c1-13(2)7-10(15)11-6-8-4-3-5-9(14)12(8)16-11/h3-6,14H,7H2,1-2H3. The van der Waals surface area contributed by atoms with E-state index in [0.29, 0.717) is 12.1 Å². The number of hydrogen-bond donors (Lipinski definition) is 1. The number of fused-ring (bicyclic) bond motifs is 1. The van der Waals surface area contributed by atoms with Crippen molar-refractivity contribution in [2.45, 2.75) is 0 Å². The summed E-state index contributed by atoms with van der Waals surface area (Å²) in [6, 6.07) is 6.70. The van der Waals surface area contributed by atoms with E-state index in [-0.39, 0.29) is 17.3 Å². The number of carbonyl (C=O) groups is 1. The molecule has 0 aliphatic carbocycles. The first-order valence-corrected chi connectivity index (χ1v) is 4.97. The Morgan fingerprint density at radius 2 is 2.19 bits per heavy atom. The molecule has 1 aromatic carbocycles. The highest BCUT2D eigenvalue weighted by atomic mass is 16.4. The Morgan fingerprint density at radius 1 is 1.44 bits per heavy atom. The SMILES string of the molecule is CN(C)CC(=O)c1cc2cccc(O)c2o1. The van der Waals surface area contributed by atoms with Crippen molar-refractivity contribution in [1.82, 2.24) is 4.90 Å². The van der Waals surface area contributed by atoms with Crippen molar-refractivity contribution in [2.75, 3.05) is 20.6 Å². The number of aromatic hydroxyl groups is 1. The zero-order chi connectivity index (χ0) is 11.7. The van der Waals surface area contributed by atoms with Gasteiger partial charge in [0.05, 0.1) is 6.54 Å². The summed E-state index contributed by atoms with van der Waals surface area (Å²) in [6.07, 6.45) is 0. The summed E-state index contributed by atoms with van der Waals surface area (Å²) in [5.74, 6) is 0.243. The van der Waals surface area contributed by atoms with Crippen LogP contribution in [0, 0.1) is 0 Å². The first-order valence-electron chi connectivity index (χ1n) is 4.97. The maximum Gasteiger partial charge on any atom is 0.211 e. The van der Waals surface area contributed by atoms with Crippen molar-refractivity contribution >= 4 is 16.8 Å². The van der Waals surface area contributed by atoms with Crippen LogP contribution in [0.2, 0.25) is 0 Å². The molecular formula is C12H13NO3. The quantitative estimate of drug-likeness (QED) is 0.801. The van der Waals surface area contributed by atoms with Crippen molar-refractivity contribution in [2.24, 2.45) is 0 Å². The molecule has 4 heteroatoms. The van der Waals surface area contributed by atoms with E-state index in [2.05, 4.69) is 0 Å². The fraction of sp³-hybridized carbons (Fsp3) is 0.250. The van der Waals surface area contributed by atoms with Crippen LogP contribution < -0.4 is 0 Å². The van der Waals surface area contributed by atoms with Gasteiger partial charge in [-0.3, -0.25) is 4.79 Å². The van der Waals surface area contributed by atoms with Gasteiger partial charge >= 0.3 is 0 Å². The first-order chi connectivity index (χ1) is 7.58. The minimum absolute atomic E-state index is 0.0569. The molecule has 2 rings (SSSR count). The highest BCUT2D eigenvalue weighted by molar-refractivity contribution is 5.99. The third-order valence-electron chi connectivity index (χ3n) is 2.26. The van der Waals surface area contributed by atoms with Crippen LogP contribution in [0.5, 0.6) is 5.75 Å². The van der Waals surface area contributed by atoms with Crippen molar-refractivity contribution in [1.29, 1.82) is 0 Å². The van der Waals surface area contributed by atoms with Crippen LogP contribution in [0.15, 0.2) is 28.7 Å². The summed E-state index contributed by atoms with van der Waals surface area (Å²) < 4.78 is 5.34. The molecule has 0 fully saturated rings. The van der Waals surface area contributed by atoms with Gasteiger partial charge < -0.3 is 14.4 Å². The molecule has 0 bridgehead atoms. The molecule has 0 saturated carbocycles. The van der Waals surface area contributed by atoms with Gasteiger partial charge in [-0.2, -0.15) is 0 Å². The Kier molecular flexibility index (Phi) is 2.66. The van der Waals surface area contributed by atoms with Gasteiger partial charge in [-0.1, -0.05) is 12.1 Å². The lowest BCUT2D eigenvalue weighted by Crippen LogP contribution is -2.21. The summed E-state index contributed by atoms with van der Waals surface area (Å²) in [6.45, 7) is 0.292. The highest BCUT2D eigenvalue weighted by Crippen LogP contribution is 2.27. The van der Waals surface area contributed by atoms with E-state index in [9.17, 15) is 9.90 Å². The molecule has 1 aromatic heterocycles. The molecule has 1 heterocycles. The van der Waals surface area contributed by atoms with E-state index in [4.69, 9.17) is 4.42 Å². The van der Waals surface area contributed by atoms with Gasteiger partial charge in [-0.25, -0.2) is 0 Å². The Labute approximate surface area is 93.1 Å². The van der Waals surface area contributed by atoms with Crippen LogP contribution in [-0.4, -0.2) is 36.4 Å². The average Bonchev–Trinajstić information content (AvgIpc) is 2.61. The summed E-state index contributed by atoms with van der Waals surface area (Å²) in [7, 11) is 3.63. The Balaban J connectivity index is 2.40. The molecular weight excluding hydrogens is 206 g/mol. The largest absolute Gasteiger partial charge is 0.504 e. The van der Waals surface area contributed by atoms with Gasteiger partial charge in [0.25, 0.3) is 0 Å². The first kappa shape index (κ1) is 10.7. The number of para-hydroxylation sites is 1. The molecule has 0 atom stereocenters.